The van der Waals surface area contributed by atoms with Gasteiger partial charge in [0.15, 0.2) is 11.4 Å². The molecule has 2 nitrogen and oxygen atoms in total. The largest absolute Gasteiger partial charge is 0.456 e. The SMILES string of the molecule is CNCc1oc2c(F)c(C)ccc2c1C. The highest BCUT2D eigenvalue weighted by Crippen LogP contribution is 2.28. The summed E-state index contributed by atoms with van der Waals surface area (Å²) in [5.41, 5.74) is 2.00. The maximum absolute atomic E-state index is 13.7. The van der Waals surface area contributed by atoms with E-state index in [1.54, 1.807) is 13.0 Å². The molecule has 0 spiro atoms. The second-order valence-electron chi connectivity index (χ2n) is 3.75. The fourth-order valence-electron chi connectivity index (χ4n) is 1.73. The predicted octanol–water partition coefficient (Wildman–Crippen LogP) is 2.91. The standard InChI is InChI=1S/C12H14FNO/c1-7-4-5-9-8(2)10(6-14-3)15-12(9)11(7)13/h4-5,14H,6H2,1-3H3. The summed E-state index contributed by atoms with van der Waals surface area (Å²) in [5, 5.41) is 3.87. The Morgan fingerprint density at radius 2 is 2.07 bits per heavy atom. The van der Waals surface area contributed by atoms with Gasteiger partial charge in [0, 0.05) is 5.39 Å². The minimum absolute atomic E-state index is 0.252. The molecule has 1 N–H and O–H groups in total. The number of nitrogens with one attached hydrogen (secondary N) is 1. The molecule has 1 heterocycles. The van der Waals surface area contributed by atoms with Crippen molar-refractivity contribution in [3.63, 3.8) is 0 Å². The Balaban J connectivity index is 2.70. The molecule has 1 aromatic heterocycles. The lowest BCUT2D eigenvalue weighted by Gasteiger charge is -1.95. The third kappa shape index (κ3) is 1.53. The molecule has 0 saturated carbocycles. The van der Waals surface area contributed by atoms with Gasteiger partial charge in [0.2, 0.25) is 0 Å². The highest BCUT2D eigenvalue weighted by atomic mass is 19.1. The van der Waals surface area contributed by atoms with Crippen LogP contribution in [0.4, 0.5) is 4.39 Å². The van der Waals surface area contributed by atoms with Gasteiger partial charge in [0.1, 0.15) is 5.76 Å². The number of fused-ring (bicyclic) bond motifs is 1. The Kier molecular flexibility index (Phi) is 2.49. The van der Waals surface area contributed by atoms with Crippen molar-refractivity contribution in [2.24, 2.45) is 0 Å². The summed E-state index contributed by atoms with van der Waals surface area (Å²) in [5.74, 6) is 0.551. The third-order valence-electron chi connectivity index (χ3n) is 2.68. The molecule has 1 aromatic carbocycles. The zero-order valence-corrected chi connectivity index (χ0v) is 9.15. The Labute approximate surface area is 88.1 Å². The molecule has 0 radical (unpaired) electrons. The Morgan fingerprint density at radius 3 is 2.73 bits per heavy atom. The summed E-state index contributed by atoms with van der Waals surface area (Å²) in [6.45, 7) is 4.32. The van der Waals surface area contributed by atoms with E-state index in [-0.39, 0.29) is 5.82 Å². The van der Waals surface area contributed by atoms with Crippen LogP contribution < -0.4 is 5.32 Å². The minimum atomic E-state index is -0.252. The second kappa shape index (κ2) is 3.66. The van der Waals surface area contributed by atoms with Crippen molar-refractivity contribution in [1.29, 1.82) is 0 Å². The predicted molar refractivity (Wildman–Crippen MR) is 58.4 cm³/mol. The number of rotatable bonds is 2. The van der Waals surface area contributed by atoms with Crippen LogP contribution in [-0.2, 0) is 6.54 Å². The topological polar surface area (TPSA) is 25.2 Å². The molecular weight excluding hydrogens is 193 g/mol. The zero-order valence-electron chi connectivity index (χ0n) is 9.15. The third-order valence-corrected chi connectivity index (χ3v) is 2.68. The first-order valence-electron chi connectivity index (χ1n) is 4.97. The Morgan fingerprint density at radius 1 is 1.33 bits per heavy atom. The van der Waals surface area contributed by atoms with Crippen molar-refractivity contribution in [1.82, 2.24) is 5.32 Å². The van der Waals surface area contributed by atoms with E-state index in [9.17, 15) is 4.39 Å². The Hall–Kier alpha value is -1.35. The highest BCUT2D eigenvalue weighted by molar-refractivity contribution is 5.83. The van der Waals surface area contributed by atoms with Gasteiger partial charge in [-0.2, -0.15) is 0 Å². The first kappa shape index (κ1) is 10.2. The van der Waals surface area contributed by atoms with E-state index in [4.69, 9.17) is 4.42 Å². The number of hydrogen-bond acceptors (Lipinski definition) is 2. The molecule has 15 heavy (non-hydrogen) atoms. The number of aryl methyl sites for hydroxylation is 2. The lowest BCUT2D eigenvalue weighted by atomic mass is 10.1. The van der Waals surface area contributed by atoms with Crippen LogP contribution in [0.25, 0.3) is 11.0 Å². The van der Waals surface area contributed by atoms with Gasteiger partial charge in [-0.3, -0.25) is 0 Å². The molecule has 80 valence electrons. The quantitative estimate of drug-likeness (QED) is 0.819. The van der Waals surface area contributed by atoms with Gasteiger partial charge in [-0.15, -0.1) is 0 Å². The van der Waals surface area contributed by atoms with Crippen molar-refractivity contribution in [2.75, 3.05) is 7.05 Å². The van der Waals surface area contributed by atoms with Gasteiger partial charge in [0.05, 0.1) is 6.54 Å². The van der Waals surface area contributed by atoms with Crippen LogP contribution in [0.2, 0.25) is 0 Å². The summed E-state index contributed by atoms with van der Waals surface area (Å²) in [6.07, 6.45) is 0. The normalized spacial score (nSPS) is 11.2. The minimum Gasteiger partial charge on any atom is -0.456 e. The van der Waals surface area contributed by atoms with Crippen LogP contribution in [0.15, 0.2) is 16.5 Å². The average molecular weight is 207 g/mol. The average Bonchev–Trinajstić information content (AvgIpc) is 2.52. The molecule has 0 aliphatic carbocycles. The van der Waals surface area contributed by atoms with Gasteiger partial charge in [-0.25, -0.2) is 4.39 Å². The van der Waals surface area contributed by atoms with E-state index in [2.05, 4.69) is 5.32 Å². The first-order chi connectivity index (χ1) is 7.15. The fourth-order valence-corrected chi connectivity index (χ4v) is 1.73. The van der Waals surface area contributed by atoms with E-state index < -0.39 is 0 Å². The van der Waals surface area contributed by atoms with E-state index in [0.717, 1.165) is 16.7 Å². The summed E-state index contributed by atoms with van der Waals surface area (Å²) >= 11 is 0. The molecule has 0 unspecified atom stereocenters. The molecule has 0 aliphatic rings. The van der Waals surface area contributed by atoms with Crippen molar-refractivity contribution in [3.8, 4) is 0 Å². The molecule has 2 aromatic rings. The molecular formula is C12H14FNO. The lowest BCUT2D eigenvalue weighted by molar-refractivity contribution is 0.502. The van der Waals surface area contributed by atoms with Crippen molar-refractivity contribution in [2.45, 2.75) is 20.4 Å². The van der Waals surface area contributed by atoms with Crippen LogP contribution in [0.5, 0.6) is 0 Å². The fraction of sp³-hybridized carbons (Fsp3) is 0.333. The van der Waals surface area contributed by atoms with E-state index in [1.807, 2.05) is 20.0 Å². The highest BCUT2D eigenvalue weighted by Gasteiger charge is 2.14. The summed E-state index contributed by atoms with van der Waals surface area (Å²) < 4.78 is 19.2. The number of benzene rings is 1. The van der Waals surface area contributed by atoms with Gasteiger partial charge in [0.25, 0.3) is 0 Å². The Bertz CT molecular complexity index is 502. The van der Waals surface area contributed by atoms with Gasteiger partial charge < -0.3 is 9.73 Å². The van der Waals surface area contributed by atoms with Crippen molar-refractivity contribution in [3.05, 3.63) is 34.8 Å². The summed E-state index contributed by atoms with van der Waals surface area (Å²) in [4.78, 5) is 0. The lowest BCUT2D eigenvalue weighted by Crippen LogP contribution is -2.04. The molecule has 0 fully saturated rings. The number of hydrogen-bond donors (Lipinski definition) is 1. The van der Waals surface area contributed by atoms with E-state index in [0.29, 0.717) is 17.7 Å². The van der Waals surface area contributed by atoms with E-state index in [1.165, 1.54) is 0 Å². The van der Waals surface area contributed by atoms with Crippen molar-refractivity contribution >= 4 is 11.0 Å². The van der Waals surface area contributed by atoms with Crippen LogP contribution in [0.3, 0.4) is 0 Å². The zero-order chi connectivity index (χ0) is 11.0. The maximum Gasteiger partial charge on any atom is 0.170 e. The molecule has 0 bridgehead atoms. The maximum atomic E-state index is 13.7. The van der Waals surface area contributed by atoms with Gasteiger partial charge in [-0.05, 0) is 32.0 Å². The summed E-state index contributed by atoms with van der Waals surface area (Å²) in [6, 6.07) is 3.69. The van der Waals surface area contributed by atoms with Crippen LogP contribution in [0.1, 0.15) is 16.9 Å². The smallest absolute Gasteiger partial charge is 0.170 e. The summed E-state index contributed by atoms with van der Waals surface area (Å²) in [7, 11) is 1.84. The first-order valence-corrected chi connectivity index (χ1v) is 4.97. The van der Waals surface area contributed by atoms with Crippen LogP contribution in [0, 0.1) is 19.7 Å². The molecule has 0 saturated heterocycles. The monoisotopic (exact) mass is 207 g/mol. The number of furan rings is 1. The second-order valence-corrected chi connectivity index (χ2v) is 3.75. The van der Waals surface area contributed by atoms with Gasteiger partial charge >= 0.3 is 0 Å². The molecule has 3 heteroatoms. The molecule has 2 rings (SSSR count). The number of halogens is 1. The van der Waals surface area contributed by atoms with Crippen molar-refractivity contribution < 1.29 is 8.81 Å². The van der Waals surface area contributed by atoms with Crippen LogP contribution in [-0.4, -0.2) is 7.05 Å². The van der Waals surface area contributed by atoms with Gasteiger partial charge in [-0.1, -0.05) is 12.1 Å². The van der Waals surface area contributed by atoms with Crippen LogP contribution >= 0.6 is 0 Å². The van der Waals surface area contributed by atoms with E-state index >= 15 is 0 Å². The molecule has 0 aliphatic heterocycles. The molecule has 0 amide bonds. The molecule has 0 atom stereocenters.